The third kappa shape index (κ3) is 4.50. The molecule has 2 fully saturated rings. The third-order valence-corrected chi connectivity index (χ3v) is 4.92. The second-order valence-corrected chi connectivity index (χ2v) is 6.77. The van der Waals surface area contributed by atoms with Crippen molar-refractivity contribution in [2.24, 2.45) is 0 Å². The van der Waals surface area contributed by atoms with Crippen LogP contribution in [-0.2, 0) is 9.59 Å². The maximum absolute atomic E-state index is 12.5. The molecule has 146 valence electrons. The van der Waals surface area contributed by atoms with E-state index in [0.29, 0.717) is 39.3 Å². The number of urea groups is 1. The molecule has 2 heterocycles. The molecule has 0 aliphatic carbocycles. The molecule has 27 heavy (non-hydrogen) atoms. The van der Waals surface area contributed by atoms with E-state index >= 15 is 0 Å². The second-order valence-electron chi connectivity index (χ2n) is 6.77. The molecule has 8 heteroatoms. The summed E-state index contributed by atoms with van der Waals surface area (Å²) in [6, 6.07) is 6.99. The van der Waals surface area contributed by atoms with Crippen molar-refractivity contribution >= 4 is 23.5 Å². The van der Waals surface area contributed by atoms with Gasteiger partial charge in [-0.1, -0.05) is 0 Å². The van der Waals surface area contributed by atoms with Crippen molar-refractivity contribution in [1.82, 2.24) is 15.1 Å². The van der Waals surface area contributed by atoms with Gasteiger partial charge in [-0.3, -0.25) is 9.59 Å². The average molecular weight is 374 g/mol. The number of piperazine rings is 1. The van der Waals surface area contributed by atoms with Crippen LogP contribution in [0.4, 0.5) is 10.5 Å². The molecule has 2 aliphatic heterocycles. The van der Waals surface area contributed by atoms with Gasteiger partial charge in [0.05, 0.1) is 12.6 Å². The van der Waals surface area contributed by atoms with Crippen LogP contribution in [0.25, 0.3) is 0 Å². The van der Waals surface area contributed by atoms with Gasteiger partial charge in [0.25, 0.3) is 0 Å². The number of carbonyl (C=O) groups excluding carboxylic acids is 3. The van der Waals surface area contributed by atoms with Crippen LogP contribution in [0.1, 0.15) is 20.3 Å². The van der Waals surface area contributed by atoms with Crippen LogP contribution in [0.3, 0.4) is 0 Å². The molecule has 4 amide bonds. The minimum Gasteiger partial charge on any atom is -0.494 e. The van der Waals surface area contributed by atoms with E-state index in [2.05, 4.69) is 5.32 Å². The first-order chi connectivity index (χ1) is 13.0. The van der Waals surface area contributed by atoms with Gasteiger partial charge < -0.3 is 24.8 Å². The van der Waals surface area contributed by atoms with Crippen LogP contribution in [0.15, 0.2) is 24.3 Å². The van der Waals surface area contributed by atoms with Crippen LogP contribution >= 0.6 is 0 Å². The fourth-order valence-corrected chi connectivity index (χ4v) is 3.43. The fraction of sp³-hybridized carbons (Fsp3) is 0.526. The van der Waals surface area contributed by atoms with Crippen molar-refractivity contribution in [3.05, 3.63) is 24.3 Å². The van der Waals surface area contributed by atoms with Crippen molar-refractivity contribution < 1.29 is 19.1 Å². The van der Waals surface area contributed by atoms with Crippen LogP contribution in [-0.4, -0.2) is 73.0 Å². The molecule has 2 aliphatic rings. The van der Waals surface area contributed by atoms with Crippen LogP contribution in [0.2, 0.25) is 0 Å². The highest BCUT2D eigenvalue weighted by Gasteiger charge is 2.33. The van der Waals surface area contributed by atoms with Gasteiger partial charge in [0.15, 0.2) is 0 Å². The Morgan fingerprint density at radius 2 is 1.74 bits per heavy atom. The molecule has 0 saturated carbocycles. The van der Waals surface area contributed by atoms with E-state index < -0.39 is 0 Å². The summed E-state index contributed by atoms with van der Waals surface area (Å²) in [5.74, 6) is 0.788. The zero-order valence-electron chi connectivity index (χ0n) is 15.8. The van der Waals surface area contributed by atoms with Crippen LogP contribution in [0, 0.1) is 0 Å². The summed E-state index contributed by atoms with van der Waals surface area (Å²) in [6.07, 6.45) is 0.284. The first-order valence-corrected chi connectivity index (χ1v) is 9.32. The molecular weight excluding hydrogens is 348 g/mol. The standard InChI is InChI=1S/C19H26N4O4/c1-3-27-17-6-4-16(5-7-17)23-13-15(12-18(23)25)20-19(26)22-10-8-21(9-11-22)14(2)24/h4-7,15H,3,8-13H2,1-2H3,(H,20,26)/t15-/m0/s1. The first kappa shape index (κ1) is 19.0. The molecule has 0 aromatic heterocycles. The van der Waals surface area contributed by atoms with Crippen molar-refractivity contribution in [2.45, 2.75) is 26.3 Å². The molecule has 1 aromatic carbocycles. The maximum atomic E-state index is 12.5. The average Bonchev–Trinajstić information content (AvgIpc) is 3.02. The Labute approximate surface area is 159 Å². The molecule has 8 nitrogen and oxygen atoms in total. The van der Waals surface area contributed by atoms with Gasteiger partial charge in [-0.2, -0.15) is 0 Å². The summed E-state index contributed by atoms with van der Waals surface area (Å²) >= 11 is 0. The fourth-order valence-electron chi connectivity index (χ4n) is 3.43. The Kier molecular flexibility index (Phi) is 5.83. The summed E-state index contributed by atoms with van der Waals surface area (Å²) in [7, 11) is 0. The van der Waals surface area contributed by atoms with Gasteiger partial charge in [0.1, 0.15) is 5.75 Å². The molecular formula is C19H26N4O4. The van der Waals surface area contributed by atoms with E-state index in [1.54, 1.807) is 14.7 Å². The van der Waals surface area contributed by atoms with E-state index in [4.69, 9.17) is 4.74 Å². The normalized spacial score (nSPS) is 20.0. The Morgan fingerprint density at radius 1 is 1.11 bits per heavy atom. The Bertz CT molecular complexity index is 698. The van der Waals surface area contributed by atoms with E-state index in [-0.39, 0.29) is 30.3 Å². The second kappa shape index (κ2) is 8.28. The lowest BCUT2D eigenvalue weighted by Gasteiger charge is -2.34. The Balaban J connectivity index is 1.53. The number of carbonyl (C=O) groups is 3. The van der Waals surface area contributed by atoms with Gasteiger partial charge in [0.2, 0.25) is 11.8 Å². The summed E-state index contributed by atoms with van der Waals surface area (Å²) < 4.78 is 5.42. The molecule has 0 unspecified atom stereocenters. The highest BCUT2D eigenvalue weighted by molar-refractivity contribution is 5.96. The minimum atomic E-state index is -0.220. The van der Waals surface area contributed by atoms with Crippen molar-refractivity contribution in [3.63, 3.8) is 0 Å². The molecule has 0 spiro atoms. The van der Waals surface area contributed by atoms with E-state index in [1.165, 1.54) is 6.92 Å². The lowest BCUT2D eigenvalue weighted by atomic mass is 10.2. The summed E-state index contributed by atoms with van der Waals surface area (Å²) in [5, 5.41) is 2.95. The lowest BCUT2D eigenvalue weighted by Crippen LogP contribution is -2.54. The predicted octanol–water partition coefficient (Wildman–Crippen LogP) is 1.06. The molecule has 0 bridgehead atoms. The molecule has 1 atom stereocenters. The third-order valence-electron chi connectivity index (χ3n) is 4.92. The van der Waals surface area contributed by atoms with Crippen LogP contribution < -0.4 is 15.0 Å². The van der Waals surface area contributed by atoms with E-state index in [0.717, 1.165) is 11.4 Å². The quantitative estimate of drug-likeness (QED) is 0.855. The van der Waals surface area contributed by atoms with Crippen molar-refractivity contribution in [1.29, 1.82) is 0 Å². The van der Waals surface area contributed by atoms with Gasteiger partial charge >= 0.3 is 6.03 Å². The number of nitrogens with zero attached hydrogens (tertiary/aromatic N) is 3. The minimum absolute atomic E-state index is 0.00846. The largest absolute Gasteiger partial charge is 0.494 e. The number of nitrogens with one attached hydrogen (secondary N) is 1. The maximum Gasteiger partial charge on any atom is 0.317 e. The van der Waals surface area contributed by atoms with Gasteiger partial charge in [-0.25, -0.2) is 4.79 Å². The predicted molar refractivity (Wildman–Crippen MR) is 101 cm³/mol. The topological polar surface area (TPSA) is 82.2 Å². The summed E-state index contributed by atoms with van der Waals surface area (Å²) in [6.45, 7) is 6.61. The van der Waals surface area contributed by atoms with E-state index in [9.17, 15) is 14.4 Å². The molecule has 2 saturated heterocycles. The van der Waals surface area contributed by atoms with Crippen LogP contribution in [0.5, 0.6) is 5.75 Å². The lowest BCUT2D eigenvalue weighted by molar-refractivity contribution is -0.130. The zero-order chi connectivity index (χ0) is 19.4. The number of anilines is 1. The van der Waals surface area contributed by atoms with Crippen molar-refractivity contribution in [3.8, 4) is 5.75 Å². The number of rotatable bonds is 4. The number of ether oxygens (including phenoxy) is 1. The number of hydrogen-bond acceptors (Lipinski definition) is 4. The Hall–Kier alpha value is -2.77. The molecule has 3 rings (SSSR count). The molecule has 1 aromatic rings. The SMILES string of the molecule is CCOc1ccc(N2C[C@@H](NC(=O)N3CCN(C(C)=O)CC3)CC2=O)cc1. The highest BCUT2D eigenvalue weighted by atomic mass is 16.5. The number of benzene rings is 1. The van der Waals surface area contributed by atoms with Crippen molar-refractivity contribution in [2.75, 3.05) is 44.2 Å². The first-order valence-electron chi connectivity index (χ1n) is 9.32. The zero-order valence-corrected chi connectivity index (χ0v) is 15.8. The van der Waals surface area contributed by atoms with E-state index in [1.807, 2.05) is 31.2 Å². The van der Waals surface area contributed by atoms with Gasteiger partial charge in [-0.15, -0.1) is 0 Å². The summed E-state index contributed by atoms with van der Waals surface area (Å²) in [4.78, 5) is 41.3. The highest BCUT2D eigenvalue weighted by Crippen LogP contribution is 2.24. The Morgan fingerprint density at radius 3 is 2.33 bits per heavy atom. The number of hydrogen-bond donors (Lipinski definition) is 1. The monoisotopic (exact) mass is 374 g/mol. The number of amides is 4. The van der Waals surface area contributed by atoms with Gasteiger partial charge in [0, 0.05) is 51.8 Å². The van der Waals surface area contributed by atoms with Gasteiger partial charge in [-0.05, 0) is 31.2 Å². The molecule has 1 N–H and O–H groups in total. The smallest absolute Gasteiger partial charge is 0.317 e. The molecule has 0 radical (unpaired) electrons. The summed E-state index contributed by atoms with van der Waals surface area (Å²) in [5.41, 5.74) is 0.801.